The molecule has 0 saturated carbocycles. The van der Waals surface area contributed by atoms with Gasteiger partial charge in [-0.15, -0.1) is 0 Å². The molecule has 2 aromatic carbocycles. The minimum absolute atomic E-state index is 0.0117. The molecule has 1 aromatic heterocycles. The van der Waals surface area contributed by atoms with Gasteiger partial charge >= 0.3 is 7.82 Å². The Morgan fingerprint density at radius 3 is 2.66 bits per heavy atom. The van der Waals surface area contributed by atoms with Crippen molar-refractivity contribution in [3.63, 3.8) is 0 Å². The van der Waals surface area contributed by atoms with E-state index in [1.54, 1.807) is 36.2 Å². The van der Waals surface area contributed by atoms with E-state index in [-0.39, 0.29) is 28.7 Å². The monoisotopic (exact) mass is 482 g/mol. The Morgan fingerprint density at radius 1 is 1.25 bits per heavy atom. The van der Waals surface area contributed by atoms with Gasteiger partial charge in [0, 0.05) is 37.1 Å². The zero-order valence-electron chi connectivity index (χ0n) is 17.8. The van der Waals surface area contributed by atoms with Gasteiger partial charge in [0.15, 0.2) is 5.43 Å². The molecule has 1 saturated heterocycles. The molecule has 3 aromatic rings. The summed E-state index contributed by atoms with van der Waals surface area (Å²) < 4.78 is 30.9. The summed E-state index contributed by atoms with van der Waals surface area (Å²) in [5.74, 6) is -1.83. The summed E-state index contributed by atoms with van der Waals surface area (Å²) in [6.45, 7) is -0.839. The maximum atomic E-state index is 12.9. The molecule has 1 unspecified atom stereocenters. The first-order valence-corrected chi connectivity index (χ1v) is 11.5. The third-order valence-electron chi connectivity index (χ3n) is 5.36. The largest absolute Gasteiger partial charge is 0.507 e. The topological polar surface area (TPSA) is 141 Å². The number of phenols is 2. The number of likely N-dealkylation sites (tertiary alicyclic amines) is 1. The van der Waals surface area contributed by atoms with Crippen LogP contribution in [0.25, 0.3) is 22.3 Å². The van der Waals surface area contributed by atoms with E-state index in [2.05, 4.69) is 0 Å². The van der Waals surface area contributed by atoms with Crippen molar-refractivity contribution in [3.8, 4) is 22.8 Å². The second kappa shape index (κ2) is 8.51. The average molecular weight is 483 g/mol. The van der Waals surface area contributed by atoms with Crippen molar-refractivity contribution in [1.82, 2.24) is 4.90 Å². The fraction of sp³-hybridized carbons (Fsp3) is 0.286. The number of halogens is 1. The van der Waals surface area contributed by atoms with E-state index in [9.17, 15) is 29.4 Å². The number of nitrogens with zero attached hydrogens (tertiary/aromatic N) is 1. The zero-order chi connectivity index (χ0) is 24.1. The molecule has 32 heavy (non-hydrogen) atoms. The van der Waals surface area contributed by atoms with Crippen molar-refractivity contribution in [2.45, 2.75) is 18.4 Å². The summed E-state index contributed by atoms with van der Waals surface area (Å²) in [6.07, 6.45) is -1.14. The van der Waals surface area contributed by atoms with Gasteiger partial charge in [0.05, 0.1) is 11.1 Å². The number of phosphoric acid groups is 1. The molecule has 3 atom stereocenters. The first-order chi connectivity index (χ1) is 15.5. The number of rotatable bonds is 4. The Bertz CT molecular complexity index is 1330. The van der Waals surface area contributed by atoms with Gasteiger partial charge in [-0.25, -0.2) is 4.57 Å². The van der Waals surface area contributed by atoms with E-state index in [0.29, 0.717) is 17.1 Å². The maximum Gasteiger partial charge on any atom is 0.469 e. The number of benzene rings is 2. The highest BCUT2D eigenvalue weighted by atomic mass is 35.5. The molecule has 11 heteroatoms. The first-order valence-electron chi connectivity index (χ1n) is 10.2. The highest BCUT2D eigenvalue weighted by Gasteiger charge is 2.38. The number of likely N-dealkylation sites (N-methyl/N-ethyl adjacent to an activating group) is 1. The lowest BCUT2D eigenvalue weighted by Gasteiger charge is -2.36. The van der Waals surface area contributed by atoms with E-state index in [1.807, 2.05) is 0 Å². The molecular formula is C21H21ClNO8P. The van der Waals surface area contributed by atoms with Crippen LogP contribution >= 0.6 is 19.4 Å². The molecular weight excluding hydrogens is 461 g/mol. The van der Waals surface area contributed by atoms with Crippen LogP contribution in [0.15, 0.2) is 45.6 Å². The molecule has 4 N–H and O–H groups in total. The van der Waals surface area contributed by atoms with Crippen LogP contribution in [0.5, 0.6) is 11.5 Å². The summed E-state index contributed by atoms with van der Waals surface area (Å²) in [7, 11) is -3.40. The van der Waals surface area contributed by atoms with E-state index in [1.165, 1.54) is 0 Å². The first kappa shape index (κ1) is 21.5. The van der Waals surface area contributed by atoms with Crippen molar-refractivity contribution in [2.24, 2.45) is 0 Å². The Kier molecular flexibility index (Phi) is 5.71. The molecule has 0 spiro atoms. The molecule has 1 aliphatic rings. The van der Waals surface area contributed by atoms with Gasteiger partial charge in [0.1, 0.15) is 28.2 Å². The smallest absolute Gasteiger partial charge is 0.469 e. The van der Waals surface area contributed by atoms with Gasteiger partial charge in [-0.05, 0) is 32.1 Å². The summed E-state index contributed by atoms with van der Waals surface area (Å²) in [6, 6.07) is 8.76. The minimum Gasteiger partial charge on any atom is -0.507 e. The minimum atomic E-state index is -5.00. The second-order valence-electron chi connectivity index (χ2n) is 7.57. The Labute approximate surface area is 189 Å². The van der Waals surface area contributed by atoms with E-state index in [4.69, 9.17) is 21.9 Å². The van der Waals surface area contributed by atoms with E-state index in [0.717, 1.165) is 12.1 Å². The number of hydrogen-bond acceptors (Lipinski definition) is 7. The number of hydrogen-bond donors (Lipinski definition) is 4. The van der Waals surface area contributed by atoms with Crippen molar-refractivity contribution < 1.29 is 34.9 Å². The van der Waals surface area contributed by atoms with Crippen LogP contribution in [0.4, 0.5) is 0 Å². The highest BCUT2D eigenvalue weighted by molar-refractivity contribution is 7.46. The molecule has 0 bridgehead atoms. The second-order valence-corrected chi connectivity index (χ2v) is 9.17. The number of fused-ring (bicyclic) bond motifs is 1. The number of piperidine rings is 1. The van der Waals surface area contributed by atoms with Crippen LogP contribution in [0.3, 0.4) is 0 Å². The lowest BCUT2D eigenvalue weighted by Crippen LogP contribution is -2.41. The summed E-state index contributed by atoms with van der Waals surface area (Å²) in [4.78, 5) is 33.3. The summed E-state index contributed by atoms with van der Waals surface area (Å²) >= 11 is 6.25. The fourth-order valence-electron chi connectivity index (χ4n) is 3.98. The van der Waals surface area contributed by atoms with Crippen LogP contribution in [0, 0.1) is 0 Å². The zero-order valence-corrected chi connectivity index (χ0v) is 18.5. The molecule has 0 aliphatic carbocycles. The Morgan fingerprint density at radius 2 is 1.97 bits per heavy atom. The Hall–Kier alpha value is -2.39. The predicted molar refractivity (Wildman–Crippen MR) is 118 cm³/mol. The number of aromatic hydroxyl groups is 2. The van der Waals surface area contributed by atoms with Gasteiger partial charge in [-0.3, -0.25) is 9.32 Å². The van der Waals surface area contributed by atoms with Crippen LogP contribution in [0.1, 0.15) is 19.3 Å². The molecule has 9 nitrogen and oxygen atoms in total. The number of phenolic OH excluding ortho intramolecular Hbond substituents is 2. The predicted octanol–water partition coefficient (Wildman–Crippen LogP) is 3.42. The quantitative estimate of drug-likeness (QED) is 0.411. The molecule has 170 valence electrons. The molecule has 2 heterocycles. The number of phosphoric ester groups is 1. The van der Waals surface area contributed by atoms with Gasteiger partial charge in [-0.2, -0.15) is 0 Å². The van der Waals surface area contributed by atoms with Crippen LogP contribution in [-0.2, 0) is 9.09 Å². The van der Waals surface area contributed by atoms with E-state index < -0.39 is 43.3 Å². The molecule has 1 aliphatic heterocycles. The van der Waals surface area contributed by atoms with Gasteiger partial charge in [-0.1, -0.05) is 23.7 Å². The molecule has 4 rings (SSSR count). The van der Waals surface area contributed by atoms with Crippen molar-refractivity contribution in [1.29, 1.82) is 0 Å². The SMILES string of the molecule is [2H]C1[C@@H](OP(=O)(O)O)[C@@H](c2c(O)cc(O)c3c(=O)cc(-c4ccccc4Cl)oc23)CCN1C. The average Bonchev–Trinajstić information content (AvgIpc) is 2.71. The van der Waals surface area contributed by atoms with E-state index >= 15 is 0 Å². The highest BCUT2D eigenvalue weighted by Crippen LogP contribution is 2.47. The standard InChI is InChI=1S/C21H21ClNO8P/c1-23-7-6-12(18(10-23)31-32(27,28)29)19-14(24)8-15(25)20-16(26)9-17(30-21(19)20)11-4-2-3-5-13(11)22/h2-5,8-9,12,18,24-25H,6-7,10H2,1H3,(H2,27,28,29)/t12-,18+/m0/s1/i10D/t10?,12-,18+. The summed E-state index contributed by atoms with van der Waals surface area (Å²) in [5, 5.41) is 21.2. The van der Waals surface area contributed by atoms with Crippen LogP contribution < -0.4 is 5.43 Å². The van der Waals surface area contributed by atoms with Crippen molar-refractivity contribution >= 4 is 30.4 Å². The lowest BCUT2D eigenvalue weighted by molar-refractivity contribution is 0.0544. The van der Waals surface area contributed by atoms with Crippen LogP contribution in [-0.4, -0.2) is 51.1 Å². The summed E-state index contributed by atoms with van der Waals surface area (Å²) in [5.41, 5.74) is -0.363. The van der Waals surface area contributed by atoms with Crippen LogP contribution in [0.2, 0.25) is 5.02 Å². The molecule has 1 fully saturated rings. The normalized spacial score (nSPS) is 22.8. The fourth-order valence-corrected chi connectivity index (χ4v) is 4.73. The van der Waals surface area contributed by atoms with Gasteiger partial charge in [0.2, 0.25) is 0 Å². The third kappa shape index (κ3) is 4.41. The third-order valence-corrected chi connectivity index (χ3v) is 6.21. The van der Waals surface area contributed by atoms with Gasteiger partial charge < -0.3 is 29.3 Å². The molecule has 0 amide bonds. The molecule has 0 radical (unpaired) electrons. The maximum absolute atomic E-state index is 12.9. The van der Waals surface area contributed by atoms with Gasteiger partial charge in [0.25, 0.3) is 0 Å². The van der Waals surface area contributed by atoms with Crippen molar-refractivity contribution in [2.75, 3.05) is 20.1 Å². The van der Waals surface area contributed by atoms with Crippen molar-refractivity contribution in [3.05, 3.63) is 57.2 Å². The lowest BCUT2D eigenvalue weighted by atomic mass is 9.85. The Balaban J connectivity index is 1.99.